The summed E-state index contributed by atoms with van der Waals surface area (Å²) in [6.07, 6.45) is 20.9. The molecule has 4 aliphatic rings. The highest BCUT2D eigenvalue weighted by atomic mass is 14.6. The van der Waals surface area contributed by atoms with E-state index < -0.39 is 0 Å². The van der Waals surface area contributed by atoms with E-state index in [-0.39, 0.29) is 0 Å². The zero-order valence-electron chi connectivity index (χ0n) is 12.4. The van der Waals surface area contributed by atoms with Crippen molar-refractivity contribution < 1.29 is 0 Å². The van der Waals surface area contributed by atoms with Crippen LogP contribution in [-0.4, -0.2) is 0 Å². The molecule has 0 radical (unpaired) electrons. The molecule has 102 valence electrons. The van der Waals surface area contributed by atoms with Crippen molar-refractivity contribution >= 4 is 0 Å². The van der Waals surface area contributed by atoms with E-state index in [9.17, 15) is 0 Å². The molecule has 0 N–H and O–H groups in total. The summed E-state index contributed by atoms with van der Waals surface area (Å²) < 4.78 is 0. The molecule has 0 aliphatic heterocycles. The first-order valence-electron chi connectivity index (χ1n) is 8.20. The van der Waals surface area contributed by atoms with Gasteiger partial charge < -0.3 is 0 Å². The number of hydrogen-bond donors (Lipinski definition) is 0. The monoisotopic (exact) mass is 254 g/mol. The first kappa shape index (κ1) is 12.0. The van der Waals surface area contributed by atoms with Crippen LogP contribution in [0, 0.1) is 28.6 Å². The van der Waals surface area contributed by atoms with Crippen molar-refractivity contribution in [2.75, 3.05) is 0 Å². The fourth-order valence-corrected chi connectivity index (χ4v) is 5.67. The van der Waals surface area contributed by atoms with Gasteiger partial charge in [0.1, 0.15) is 0 Å². The first-order chi connectivity index (χ1) is 9.13. The Morgan fingerprint density at radius 3 is 2.95 bits per heavy atom. The summed E-state index contributed by atoms with van der Waals surface area (Å²) in [6.45, 7) is 5.06. The second kappa shape index (κ2) is 3.87. The molecule has 0 bridgehead atoms. The van der Waals surface area contributed by atoms with E-state index in [1.165, 1.54) is 38.5 Å². The third-order valence-corrected chi connectivity index (χ3v) is 6.90. The molecule has 4 rings (SSSR count). The zero-order chi connectivity index (χ0) is 13.1. The van der Waals surface area contributed by atoms with Crippen LogP contribution in [0.3, 0.4) is 0 Å². The summed E-state index contributed by atoms with van der Waals surface area (Å²) in [6, 6.07) is 0. The summed E-state index contributed by atoms with van der Waals surface area (Å²) in [7, 11) is 0. The number of rotatable bonds is 0. The van der Waals surface area contributed by atoms with Crippen molar-refractivity contribution in [3.63, 3.8) is 0 Å². The van der Waals surface area contributed by atoms with Gasteiger partial charge in [-0.3, -0.25) is 0 Å². The van der Waals surface area contributed by atoms with Crippen molar-refractivity contribution in [1.29, 1.82) is 0 Å². The van der Waals surface area contributed by atoms with Crippen LogP contribution in [0.25, 0.3) is 0 Å². The van der Waals surface area contributed by atoms with Gasteiger partial charge in [0, 0.05) is 0 Å². The van der Waals surface area contributed by atoms with E-state index in [2.05, 4.69) is 44.2 Å². The SMILES string of the molecule is CC12C=CCC1C1C=CC3=CCCCC3(C)C1CC2. The van der Waals surface area contributed by atoms with Gasteiger partial charge in [-0.25, -0.2) is 0 Å². The van der Waals surface area contributed by atoms with Gasteiger partial charge in [0.15, 0.2) is 0 Å². The van der Waals surface area contributed by atoms with Crippen LogP contribution in [0.2, 0.25) is 0 Å². The van der Waals surface area contributed by atoms with Crippen LogP contribution in [0.1, 0.15) is 52.4 Å². The molecule has 5 unspecified atom stereocenters. The second-order valence-electron chi connectivity index (χ2n) is 7.80. The van der Waals surface area contributed by atoms with Gasteiger partial charge in [0.2, 0.25) is 0 Å². The van der Waals surface area contributed by atoms with Gasteiger partial charge in [0.25, 0.3) is 0 Å². The Morgan fingerprint density at radius 2 is 2.05 bits per heavy atom. The van der Waals surface area contributed by atoms with Crippen molar-refractivity contribution in [2.45, 2.75) is 52.4 Å². The third kappa shape index (κ3) is 1.52. The molecule has 0 spiro atoms. The van der Waals surface area contributed by atoms with Gasteiger partial charge in [-0.15, -0.1) is 0 Å². The summed E-state index contributed by atoms with van der Waals surface area (Å²) >= 11 is 0. The molecular formula is C19H26. The van der Waals surface area contributed by atoms with Gasteiger partial charge in [-0.1, -0.05) is 44.2 Å². The van der Waals surface area contributed by atoms with E-state index in [0.717, 1.165) is 17.8 Å². The van der Waals surface area contributed by atoms with Crippen molar-refractivity contribution in [3.05, 3.63) is 36.0 Å². The largest absolute Gasteiger partial charge is 0.0876 e. The van der Waals surface area contributed by atoms with Crippen LogP contribution < -0.4 is 0 Å². The Labute approximate surface area is 117 Å². The quantitative estimate of drug-likeness (QED) is 0.516. The van der Waals surface area contributed by atoms with Gasteiger partial charge in [0.05, 0.1) is 0 Å². The Hall–Kier alpha value is -0.780. The predicted molar refractivity (Wildman–Crippen MR) is 80.7 cm³/mol. The number of allylic oxidation sites excluding steroid dienone is 6. The predicted octanol–water partition coefficient (Wildman–Crippen LogP) is 5.28. The smallest absolute Gasteiger partial charge is 0.00445 e. The van der Waals surface area contributed by atoms with Crippen molar-refractivity contribution in [3.8, 4) is 0 Å². The Bertz CT molecular complexity index is 480. The lowest BCUT2D eigenvalue weighted by Gasteiger charge is -2.55. The summed E-state index contributed by atoms with van der Waals surface area (Å²) in [5.74, 6) is 2.61. The third-order valence-electron chi connectivity index (χ3n) is 6.90. The summed E-state index contributed by atoms with van der Waals surface area (Å²) in [4.78, 5) is 0. The van der Waals surface area contributed by atoms with Gasteiger partial charge >= 0.3 is 0 Å². The fraction of sp³-hybridized carbons (Fsp3) is 0.684. The lowest BCUT2D eigenvalue weighted by atomic mass is 9.49. The second-order valence-corrected chi connectivity index (χ2v) is 7.80. The molecule has 0 aromatic rings. The number of hydrogen-bond acceptors (Lipinski definition) is 0. The van der Waals surface area contributed by atoms with E-state index in [4.69, 9.17) is 0 Å². The molecule has 0 aromatic carbocycles. The molecule has 0 aromatic heterocycles. The standard InChI is InChI=1S/C19H26/c1-18-11-5-7-16(18)15-9-8-14-6-3-4-12-19(14,2)17(15)10-13-18/h5-6,8-9,11,15-17H,3-4,7,10,12-13H2,1-2H3. The lowest BCUT2D eigenvalue weighted by molar-refractivity contribution is 0.0192. The summed E-state index contributed by atoms with van der Waals surface area (Å²) in [5, 5.41) is 0. The number of fused-ring (bicyclic) bond motifs is 5. The van der Waals surface area contributed by atoms with Crippen LogP contribution in [-0.2, 0) is 0 Å². The molecule has 5 atom stereocenters. The highest BCUT2D eigenvalue weighted by molar-refractivity contribution is 5.35. The van der Waals surface area contributed by atoms with Crippen molar-refractivity contribution in [1.82, 2.24) is 0 Å². The van der Waals surface area contributed by atoms with E-state index in [1.54, 1.807) is 5.57 Å². The highest BCUT2D eigenvalue weighted by Crippen LogP contribution is 2.61. The Kier molecular flexibility index (Phi) is 2.44. The van der Waals surface area contributed by atoms with Crippen LogP contribution in [0.5, 0.6) is 0 Å². The molecule has 19 heavy (non-hydrogen) atoms. The first-order valence-corrected chi connectivity index (χ1v) is 8.20. The molecule has 1 saturated carbocycles. The van der Waals surface area contributed by atoms with Gasteiger partial charge in [-0.2, -0.15) is 0 Å². The Morgan fingerprint density at radius 1 is 1.16 bits per heavy atom. The molecule has 0 amide bonds. The Balaban J connectivity index is 1.75. The summed E-state index contributed by atoms with van der Waals surface area (Å²) in [5.41, 5.74) is 2.65. The minimum absolute atomic E-state index is 0.488. The normalized spacial score (nSPS) is 51.3. The maximum Gasteiger partial charge on any atom is -0.00445 e. The molecular weight excluding hydrogens is 228 g/mol. The topological polar surface area (TPSA) is 0 Å². The molecule has 0 heteroatoms. The highest BCUT2D eigenvalue weighted by Gasteiger charge is 2.53. The van der Waals surface area contributed by atoms with Crippen LogP contribution in [0.15, 0.2) is 36.0 Å². The molecule has 4 aliphatic carbocycles. The minimum atomic E-state index is 0.488. The van der Waals surface area contributed by atoms with E-state index in [1.807, 2.05) is 0 Å². The van der Waals surface area contributed by atoms with Crippen LogP contribution in [0.4, 0.5) is 0 Å². The fourth-order valence-electron chi connectivity index (χ4n) is 5.67. The molecule has 0 nitrogen and oxygen atoms in total. The molecule has 0 saturated heterocycles. The van der Waals surface area contributed by atoms with Gasteiger partial charge in [-0.05, 0) is 72.7 Å². The van der Waals surface area contributed by atoms with Crippen LogP contribution >= 0.6 is 0 Å². The average molecular weight is 254 g/mol. The lowest BCUT2D eigenvalue weighted by Crippen LogP contribution is -2.47. The minimum Gasteiger partial charge on any atom is -0.0876 e. The molecule has 1 fully saturated rings. The average Bonchev–Trinajstić information content (AvgIpc) is 2.79. The van der Waals surface area contributed by atoms with E-state index >= 15 is 0 Å². The van der Waals surface area contributed by atoms with Crippen molar-refractivity contribution in [2.24, 2.45) is 28.6 Å². The maximum atomic E-state index is 2.58. The van der Waals surface area contributed by atoms with E-state index in [0.29, 0.717) is 10.8 Å². The molecule has 0 heterocycles. The maximum absolute atomic E-state index is 2.58. The zero-order valence-corrected chi connectivity index (χ0v) is 12.4.